The van der Waals surface area contributed by atoms with Gasteiger partial charge in [0.1, 0.15) is 11.5 Å². The van der Waals surface area contributed by atoms with Crippen LogP contribution in [0.5, 0.6) is 0 Å². The summed E-state index contributed by atoms with van der Waals surface area (Å²) in [6.45, 7) is 0.0558. The molecule has 0 fully saturated rings. The van der Waals surface area contributed by atoms with Crippen molar-refractivity contribution in [1.29, 1.82) is 0 Å². The molecular formula is C20H13BN4. The summed E-state index contributed by atoms with van der Waals surface area (Å²) < 4.78 is 2.23. The maximum absolute atomic E-state index is 4.63. The Kier molecular flexibility index (Phi) is 2.40. The Morgan fingerprint density at radius 3 is 2.48 bits per heavy atom. The molecule has 6 rings (SSSR count). The van der Waals surface area contributed by atoms with Crippen LogP contribution in [-0.4, -0.2) is 21.4 Å². The molecule has 116 valence electrons. The molecule has 2 aromatic heterocycles. The first-order valence-electron chi connectivity index (χ1n) is 8.39. The molecule has 0 saturated carbocycles. The molecule has 0 radical (unpaired) electrons. The Morgan fingerprint density at radius 2 is 1.52 bits per heavy atom. The third-order valence-electron chi connectivity index (χ3n) is 5.13. The van der Waals surface area contributed by atoms with E-state index in [1.807, 2.05) is 18.5 Å². The monoisotopic (exact) mass is 320 g/mol. The number of nitrogens with zero attached hydrogens (tertiary/aromatic N) is 4. The largest absolute Gasteiger partial charge is 0.422 e. The lowest BCUT2D eigenvalue weighted by atomic mass is 9.58. The van der Waals surface area contributed by atoms with Gasteiger partial charge in [-0.3, -0.25) is 4.98 Å². The molecule has 0 atom stereocenters. The topological polar surface area (TPSA) is 34.0 Å². The van der Waals surface area contributed by atoms with Gasteiger partial charge in [-0.1, -0.05) is 42.5 Å². The third kappa shape index (κ3) is 1.57. The lowest BCUT2D eigenvalue weighted by Gasteiger charge is -2.41. The molecule has 0 spiro atoms. The molecule has 0 amide bonds. The van der Waals surface area contributed by atoms with E-state index >= 15 is 0 Å². The smallest absolute Gasteiger partial charge is 0.359 e. The van der Waals surface area contributed by atoms with E-state index in [9.17, 15) is 0 Å². The second kappa shape index (κ2) is 4.60. The van der Waals surface area contributed by atoms with Crippen molar-refractivity contribution >= 4 is 23.8 Å². The molecule has 4 heterocycles. The Morgan fingerprint density at radius 1 is 0.720 bits per heavy atom. The van der Waals surface area contributed by atoms with Gasteiger partial charge in [-0.25, -0.2) is 4.98 Å². The minimum Gasteiger partial charge on any atom is -0.359 e. The molecule has 2 aliphatic rings. The molecule has 25 heavy (non-hydrogen) atoms. The zero-order valence-electron chi connectivity index (χ0n) is 13.4. The van der Waals surface area contributed by atoms with Gasteiger partial charge in [-0.2, -0.15) is 0 Å². The van der Waals surface area contributed by atoms with Gasteiger partial charge >= 0.3 is 6.98 Å². The molecule has 0 N–H and O–H groups in total. The summed E-state index contributed by atoms with van der Waals surface area (Å²) in [5.74, 6) is 0.922. The van der Waals surface area contributed by atoms with E-state index in [2.05, 4.69) is 80.1 Å². The SMILES string of the molecule is c1ccc2c(c1)B1N(c3ccccc3-2)c2cccnc2-c2nccn21. The summed E-state index contributed by atoms with van der Waals surface area (Å²) in [4.78, 5) is 11.6. The zero-order valence-corrected chi connectivity index (χ0v) is 13.4. The number of benzene rings is 2. The maximum atomic E-state index is 4.63. The van der Waals surface area contributed by atoms with Gasteiger partial charge < -0.3 is 9.29 Å². The fourth-order valence-corrected chi connectivity index (χ4v) is 4.14. The van der Waals surface area contributed by atoms with E-state index in [1.165, 1.54) is 22.3 Å². The van der Waals surface area contributed by atoms with Crippen LogP contribution >= 0.6 is 0 Å². The second-order valence-corrected chi connectivity index (χ2v) is 6.38. The quantitative estimate of drug-likeness (QED) is 0.466. The molecule has 0 saturated heterocycles. The first kappa shape index (κ1) is 13.0. The van der Waals surface area contributed by atoms with Crippen LogP contribution in [0.4, 0.5) is 11.4 Å². The number of rotatable bonds is 0. The number of imidazole rings is 1. The van der Waals surface area contributed by atoms with E-state index in [0.29, 0.717) is 0 Å². The van der Waals surface area contributed by atoms with Gasteiger partial charge in [0.15, 0.2) is 0 Å². The number of hydrogen-bond donors (Lipinski definition) is 0. The molecule has 0 bridgehead atoms. The van der Waals surface area contributed by atoms with Gasteiger partial charge in [-0.05, 0) is 29.2 Å². The Balaban J connectivity index is 1.77. The van der Waals surface area contributed by atoms with Crippen LogP contribution in [0.2, 0.25) is 0 Å². The Hall–Kier alpha value is -3.34. The van der Waals surface area contributed by atoms with E-state index in [0.717, 1.165) is 17.2 Å². The summed E-state index contributed by atoms with van der Waals surface area (Å²) in [5, 5.41) is 0. The predicted molar refractivity (Wildman–Crippen MR) is 100 cm³/mol. The minimum atomic E-state index is 0.0558. The van der Waals surface area contributed by atoms with E-state index in [-0.39, 0.29) is 6.98 Å². The first-order chi connectivity index (χ1) is 12.4. The van der Waals surface area contributed by atoms with Crippen LogP contribution in [0, 0.1) is 0 Å². The fraction of sp³-hybridized carbons (Fsp3) is 0. The van der Waals surface area contributed by atoms with Gasteiger partial charge in [0.05, 0.1) is 5.69 Å². The van der Waals surface area contributed by atoms with Crippen molar-refractivity contribution in [3.05, 3.63) is 79.3 Å². The lowest BCUT2D eigenvalue weighted by Crippen LogP contribution is -2.56. The highest BCUT2D eigenvalue weighted by molar-refractivity contribution is 6.80. The highest BCUT2D eigenvalue weighted by Crippen LogP contribution is 2.44. The molecule has 0 aliphatic carbocycles. The van der Waals surface area contributed by atoms with Crippen molar-refractivity contribution < 1.29 is 0 Å². The Bertz CT molecular complexity index is 1130. The van der Waals surface area contributed by atoms with Gasteiger partial charge in [-0.15, -0.1) is 0 Å². The summed E-state index contributed by atoms with van der Waals surface area (Å²) in [7, 11) is 0. The first-order valence-corrected chi connectivity index (χ1v) is 8.39. The van der Waals surface area contributed by atoms with E-state index < -0.39 is 0 Å². The number of para-hydroxylation sites is 1. The van der Waals surface area contributed by atoms with Crippen molar-refractivity contribution in [2.75, 3.05) is 4.81 Å². The molecule has 0 unspecified atom stereocenters. The number of fused-ring (bicyclic) bond motifs is 11. The third-order valence-corrected chi connectivity index (χ3v) is 5.13. The van der Waals surface area contributed by atoms with Crippen LogP contribution in [0.1, 0.15) is 0 Å². The highest BCUT2D eigenvalue weighted by Gasteiger charge is 2.43. The highest BCUT2D eigenvalue weighted by atomic mass is 15.2. The van der Waals surface area contributed by atoms with Gasteiger partial charge in [0.2, 0.25) is 0 Å². The molecule has 4 nitrogen and oxygen atoms in total. The van der Waals surface area contributed by atoms with Crippen molar-refractivity contribution in [2.45, 2.75) is 0 Å². The van der Waals surface area contributed by atoms with Crippen LogP contribution < -0.4 is 10.3 Å². The average Bonchev–Trinajstić information content (AvgIpc) is 3.17. The van der Waals surface area contributed by atoms with Crippen LogP contribution in [0.25, 0.3) is 22.6 Å². The number of pyridine rings is 1. The van der Waals surface area contributed by atoms with E-state index in [1.54, 1.807) is 0 Å². The minimum absolute atomic E-state index is 0.0558. The second-order valence-electron chi connectivity index (χ2n) is 6.38. The van der Waals surface area contributed by atoms with E-state index in [4.69, 9.17) is 0 Å². The average molecular weight is 320 g/mol. The normalized spacial score (nSPS) is 13.4. The van der Waals surface area contributed by atoms with Crippen LogP contribution in [0.15, 0.2) is 79.3 Å². The van der Waals surface area contributed by atoms with Crippen molar-refractivity contribution in [1.82, 2.24) is 14.4 Å². The van der Waals surface area contributed by atoms with Crippen molar-refractivity contribution in [2.24, 2.45) is 0 Å². The molecule has 5 heteroatoms. The van der Waals surface area contributed by atoms with Crippen LogP contribution in [0.3, 0.4) is 0 Å². The lowest BCUT2D eigenvalue weighted by molar-refractivity contribution is 1.08. The number of hydrogen-bond acceptors (Lipinski definition) is 3. The summed E-state index contributed by atoms with van der Waals surface area (Å²) in [5.41, 5.74) is 7.07. The summed E-state index contributed by atoms with van der Waals surface area (Å²) in [6, 6.07) is 21.4. The molecule has 2 aliphatic heterocycles. The number of anilines is 2. The zero-order chi connectivity index (χ0) is 16.4. The van der Waals surface area contributed by atoms with Crippen molar-refractivity contribution in [3.8, 4) is 22.6 Å². The maximum Gasteiger partial charge on any atom is 0.422 e. The van der Waals surface area contributed by atoms with Crippen LogP contribution in [-0.2, 0) is 0 Å². The molecule has 2 aromatic carbocycles. The standard InChI is InChI=1S/C20H13BN4/c1-3-8-16-14(6-1)15-7-2-4-9-17(15)25-18-10-5-11-22-19(18)20-23-12-13-24(20)21(16)25/h1-13H. The molecule has 4 aromatic rings. The fourth-order valence-electron chi connectivity index (χ4n) is 4.14. The van der Waals surface area contributed by atoms with Gasteiger partial charge in [0.25, 0.3) is 0 Å². The predicted octanol–water partition coefficient (Wildman–Crippen LogP) is 3.32. The number of aromatic nitrogens is 3. The molecular weight excluding hydrogens is 307 g/mol. The Labute approximate surface area is 145 Å². The van der Waals surface area contributed by atoms with Gasteiger partial charge in [0, 0.05) is 29.8 Å². The summed E-state index contributed by atoms with van der Waals surface area (Å²) >= 11 is 0. The summed E-state index contributed by atoms with van der Waals surface area (Å²) in [6.07, 6.45) is 5.75. The van der Waals surface area contributed by atoms with Crippen molar-refractivity contribution in [3.63, 3.8) is 0 Å².